The van der Waals surface area contributed by atoms with Crippen LogP contribution in [0.2, 0.25) is 0 Å². The Morgan fingerprint density at radius 3 is 2.41 bits per heavy atom. The van der Waals surface area contributed by atoms with Gasteiger partial charge in [-0.2, -0.15) is 0 Å². The summed E-state index contributed by atoms with van der Waals surface area (Å²) in [5.41, 5.74) is 1.69. The number of nitrogens with one attached hydrogen (secondary N) is 1. The van der Waals surface area contributed by atoms with E-state index in [4.69, 9.17) is 0 Å². The van der Waals surface area contributed by atoms with E-state index >= 15 is 0 Å². The highest BCUT2D eigenvalue weighted by Gasteiger charge is 2.13. The third-order valence-corrected chi connectivity index (χ3v) is 2.39. The molecule has 92 valence electrons. The second kappa shape index (κ2) is 6.03. The SMILES string of the molecule is COC(=O)CC(C)NC(=O)c1ccc(C)cc1. The summed E-state index contributed by atoms with van der Waals surface area (Å²) >= 11 is 0. The van der Waals surface area contributed by atoms with Gasteiger partial charge in [-0.05, 0) is 26.0 Å². The molecule has 1 unspecified atom stereocenters. The van der Waals surface area contributed by atoms with Crippen molar-refractivity contribution in [2.45, 2.75) is 26.3 Å². The summed E-state index contributed by atoms with van der Waals surface area (Å²) in [6.45, 7) is 3.73. The van der Waals surface area contributed by atoms with Crippen molar-refractivity contribution in [1.29, 1.82) is 0 Å². The third-order valence-electron chi connectivity index (χ3n) is 2.39. The maximum atomic E-state index is 11.8. The highest BCUT2D eigenvalue weighted by Crippen LogP contribution is 2.04. The van der Waals surface area contributed by atoms with Gasteiger partial charge in [-0.3, -0.25) is 9.59 Å². The second-order valence-electron chi connectivity index (χ2n) is 4.02. The first kappa shape index (κ1) is 13.2. The van der Waals surface area contributed by atoms with Gasteiger partial charge in [0.2, 0.25) is 0 Å². The number of hydrogen-bond donors (Lipinski definition) is 1. The summed E-state index contributed by atoms with van der Waals surface area (Å²) in [7, 11) is 1.33. The molecule has 0 spiro atoms. The largest absolute Gasteiger partial charge is 0.469 e. The Morgan fingerprint density at radius 2 is 1.88 bits per heavy atom. The molecule has 0 aromatic heterocycles. The Labute approximate surface area is 101 Å². The van der Waals surface area contributed by atoms with Crippen LogP contribution < -0.4 is 5.32 Å². The zero-order valence-corrected chi connectivity index (χ0v) is 10.3. The molecule has 1 aromatic carbocycles. The molecule has 1 atom stereocenters. The van der Waals surface area contributed by atoms with E-state index in [1.54, 1.807) is 19.1 Å². The van der Waals surface area contributed by atoms with Crippen molar-refractivity contribution in [2.24, 2.45) is 0 Å². The van der Waals surface area contributed by atoms with Gasteiger partial charge in [-0.1, -0.05) is 17.7 Å². The van der Waals surface area contributed by atoms with Gasteiger partial charge in [0.05, 0.1) is 13.5 Å². The summed E-state index contributed by atoms with van der Waals surface area (Å²) in [5.74, 6) is -0.511. The van der Waals surface area contributed by atoms with Crippen LogP contribution in [0.1, 0.15) is 29.3 Å². The molecular formula is C13H17NO3. The van der Waals surface area contributed by atoms with Crippen molar-refractivity contribution in [1.82, 2.24) is 5.32 Å². The minimum atomic E-state index is -0.332. The summed E-state index contributed by atoms with van der Waals surface area (Å²) < 4.78 is 4.53. The minimum absolute atomic E-state index is 0.175. The highest BCUT2D eigenvalue weighted by molar-refractivity contribution is 5.94. The van der Waals surface area contributed by atoms with Crippen molar-refractivity contribution >= 4 is 11.9 Å². The normalized spacial score (nSPS) is 11.7. The average molecular weight is 235 g/mol. The van der Waals surface area contributed by atoms with Crippen molar-refractivity contribution in [3.8, 4) is 0 Å². The van der Waals surface area contributed by atoms with E-state index in [2.05, 4.69) is 10.1 Å². The monoisotopic (exact) mass is 235 g/mol. The molecular weight excluding hydrogens is 218 g/mol. The number of aryl methyl sites for hydroxylation is 1. The molecule has 4 heteroatoms. The molecule has 0 aliphatic heterocycles. The summed E-state index contributed by atoms with van der Waals surface area (Å²) in [6.07, 6.45) is 0.175. The number of esters is 1. The lowest BCUT2D eigenvalue weighted by molar-refractivity contribution is -0.141. The zero-order chi connectivity index (χ0) is 12.8. The van der Waals surface area contributed by atoms with E-state index in [-0.39, 0.29) is 24.3 Å². The van der Waals surface area contributed by atoms with Gasteiger partial charge in [0.15, 0.2) is 0 Å². The summed E-state index contributed by atoms with van der Waals surface area (Å²) in [6, 6.07) is 7.03. The number of amides is 1. The van der Waals surface area contributed by atoms with Crippen LogP contribution in [0.15, 0.2) is 24.3 Å². The number of benzene rings is 1. The van der Waals surface area contributed by atoms with E-state index in [1.165, 1.54) is 7.11 Å². The minimum Gasteiger partial charge on any atom is -0.469 e. The van der Waals surface area contributed by atoms with Gasteiger partial charge < -0.3 is 10.1 Å². The highest BCUT2D eigenvalue weighted by atomic mass is 16.5. The van der Waals surface area contributed by atoms with E-state index in [0.29, 0.717) is 5.56 Å². The summed E-state index contributed by atoms with van der Waals surface area (Å²) in [5, 5.41) is 2.74. The topological polar surface area (TPSA) is 55.4 Å². The molecule has 0 saturated carbocycles. The lowest BCUT2D eigenvalue weighted by Gasteiger charge is -2.12. The summed E-state index contributed by atoms with van der Waals surface area (Å²) in [4.78, 5) is 22.8. The van der Waals surface area contributed by atoms with Gasteiger partial charge in [-0.25, -0.2) is 0 Å². The Kier molecular flexibility index (Phi) is 4.69. The molecule has 0 aliphatic carbocycles. The average Bonchev–Trinajstić information content (AvgIpc) is 2.29. The van der Waals surface area contributed by atoms with Gasteiger partial charge >= 0.3 is 5.97 Å². The molecule has 0 bridgehead atoms. The van der Waals surface area contributed by atoms with Crippen molar-refractivity contribution in [2.75, 3.05) is 7.11 Å². The van der Waals surface area contributed by atoms with Crippen LogP contribution in [-0.2, 0) is 9.53 Å². The predicted molar refractivity (Wildman–Crippen MR) is 64.7 cm³/mol. The zero-order valence-electron chi connectivity index (χ0n) is 10.3. The van der Waals surface area contributed by atoms with E-state index in [0.717, 1.165) is 5.56 Å². The molecule has 0 saturated heterocycles. The first-order valence-corrected chi connectivity index (χ1v) is 5.47. The van der Waals surface area contributed by atoms with Crippen LogP contribution >= 0.6 is 0 Å². The lowest BCUT2D eigenvalue weighted by atomic mass is 10.1. The van der Waals surface area contributed by atoms with Crippen molar-refractivity contribution in [3.05, 3.63) is 35.4 Å². The fraction of sp³-hybridized carbons (Fsp3) is 0.385. The Bertz CT molecular complexity index is 398. The van der Waals surface area contributed by atoms with Crippen molar-refractivity contribution < 1.29 is 14.3 Å². The van der Waals surface area contributed by atoms with Crippen LogP contribution in [0, 0.1) is 6.92 Å². The van der Waals surface area contributed by atoms with Crippen LogP contribution in [0.25, 0.3) is 0 Å². The van der Waals surface area contributed by atoms with E-state index < -0.39 is 0 Å². The second-order valence-corrected chi connectivity index (χ2v) is 4.02. The standard InChI is InChI=1S/C13H17NO3/c1-9-4-6-11(7-5-9)13(16)14-10(2)8-12(15)17-3/h4-7,10H,8H2,1-3H3,(H,14,16). The fourth-order valence-corrected chi connectivity index (χ4v) is 1.40. The van der Waals surface area contributed by atoms with Gasteiger partial charge in [0, 0.05) is 11.6 Å². The van der Waals surface area contributed by atoms with Crippen LogP contribution in [-0.4, -0.2) is 25.0 Å². The maximum Gasteiger partial charge on any atom is 0.307 e. The maximum absolute atomic E-state index is 11.8. The number of methoxy groups -OCH3 is 1. The molecule has 1 N–H and O–H groups in total. The molecule has 1 amide bonds. The molecule has 1 aromatic rings. The Morgan fingerprint density at radius 1 is 1.29 bits per heavy atom. The molecule has 0 radical (unpaired) electrons. The number of rotatable bonds is 4. The van der Waals surface area contributed by atoms with Gasteiger partial charge in [-0.15, -0.1) is 0 Å². The van der Waals surface area contributed by atoms with Gasteiger partial charge in [0.1, 0.15) is 0 Å². The number of carbonyl (C=O) groups excluding carboxylic acids is 2. The number of ether oxygens (including phenoxy) is 1. The molecule has 0 heterocycles. The van der Waals surface area contributed by atoms with Crippen LogP contribution in [0.3, 0.4) is 0 Å². The van der Waals surface area contributed by atoms with Crippen LogP contribution in [0.4, 0.5) is 0 Å². The quantitative estimate of drug-likeness (QED) is 0.808. The smallest absolute Gasteiger partial charge is 0.307 e. The Hall–Kier alpha value is -1.84. The van der Waals surface area contributed by atoms with Gasteiger partial charge in [0.25, 0.3) is 5.91 Å². The molecule has 1 rings (SSSR count). The third kappa shape index (κ3) is 4.26. The van der Waals surface area contributed by atoms with E-state index in [9.17, 15) is 9.59 Å². The first-order valence-electron chi connectivity index (χ1n) is 5.47. The van der Waals surface area contributed by atoms with E-state index in [1.807, 2.05) is 19.1 Å². The first-order chi connectivity index (χ1) is 8.02. The number of carbonyl (C=O) groups is 2. The molecule has 4 nitrogen and oxygen atoms in total. The Balaban J connectivity index is 2.54. The lowest BCUT2D eigenvalue weighted by Crippen LogP contribution is -2.34. The number of hydrogen-bond acceptors (Lipinski definition) is 3. The fourth-order valence-electron chi connectivity index (χ4n) is 1.40. The van der Waals surface area contributed by atoms with Crippen LogP contribution in [0.5, 0.6) is 0 Å². The molecule has 0 aliphatic rings. The molecule has 0 fully saturated rings. The molecule has 17 heavy (non-hydrogen) atoms. The van der Waals surface area contributed by atoms with Crippen molar-refractivity contribution in [3.63, 3.8) is 0 Å². The predicted octanol–water partition coefficient (Wildman–Crippen LogP) is 1.68.